The number of carbonyl (C=O) groups is 1. The Balaban J connectivity index is 1.48. The van der Waals surface area contributed by atoms with Crippen LogP contribution in [0.15, 0.2) is 42.6 Å². The Hall–Kier alpha value is -3.59. The number of rotatable bonds is 5. The third kappa shape index (κ3) is 3.64. The van der Waals surface area contributed by atoms with Crippen LogP contribution >= 0.6 is 11.6 Å². The van der Waals surface area contributed by atoms with Crippen molar-refractivity contribution in [2.45, 2.75) is 32.6 Å². The van der Waals surface area contributed by atoms with Gasteiger partial charge in [0.1, 0.15) is 11.5 Å². The number of halogens is 2. The van der Waals surface area contributed by atoms with Crippen LogP contribution in [0.4, 0.5) is 10.1 Å². The lowest BCUT2D eigenvalue weighted by Gasteiger charge is -2.11. The third-order valence-electron chi connectivity index (χ3n) is 5.47. The minimum atomic E-state index is -0.499. The molecule has 0 radical (unpaired) electrons. The second kappa shape index (κ2) is 7.83. The normalized spacial score (nSPS) is 13.4. The van der Waals surface area contributed by atoms with Crippen LogP contribution in [0.2, 0.25) is 5.02 Å². The maximum absolute atomic E-state index is 14.4. The van der Waals surface area contributed by atoms with Crippen LogP contribution in [0.1, 0.15) is 46.2 Å². The largest absolute Gasteiger partial charge is 0.322 e. The van der Waals surface area contributed by atoms with Gasteiger partial charge >= 0.3 is 0 Å². The zero-order valence-corrected chi connectivity index (χ0v) is 18.1. The first-order chi connectivity index (χ1) is 15.4. The molecule has 1 fully saturated rings. The highest BCUT2D eigenvalue weighted by atomic mass is 35.5. The second-order valence-corrected chi connectivity index (χ2v) is 8.23. The van der Waals surface area contributed by atoms with E-state index in [1.54, 1.807) is 17.8 Å². The van der Waals surface area contributed by atoms with Crippen molar-refractivity contribution in [1.29, 1.82) is 0 Å². The first-order valence-corrected chi connectivity index (χ1v) is 10.5. The highest BCUT2D eigenvalue weighted by molar-refractivity contribution is 6.31. The molecule has 0 saturated heterocycles. The molecule has 0 unspecified atom stereocenters. The number of benzene rings is 2. The number of anilines is 1. The maximum atomic E-state index is 14.4. The summed E-state index contributed by atoms with van der Waals surface area (Å²) < 4.78 is 17.4. The van der Waals surface area contributed by atoms with E-state index in [1.165, 1.54) is 22.9 Å². The van der Waals surface area contributed by atoms with E-state index in [1.807, 2.05) is 25.1 Å². The predicted molar refractivity (Wildman–Crippen MR) is 117 cm³/mol. The summed E-state index contributed by atoms with van der Waals surface area (Å²) in [6, 6.07) is 9.97. The highest BCUT2D eigenvalue weighted by Gasteiger charge is 2.33. The van der Waals surface area contributed by atoms with Crippen LogP contribution in [-0.4, -0.2) is 35.9 Å². The summed E-state index contributed by atoms with van der Waals surface area (Å²) in [4.78, 5) is 13.2. The van der Waals surface area contributed by atoms with E-state index in [-0.39, 0.29) is 17.5 Å². The minimum absolute atomic E-state index is 0.151. The van der Waals surface area contributed by atoms with Crippen molar-refractivity contribution in [3.63, 3.8) is 0 Å². The van der Waals surface area contributed by atoms with Crippen molar-refractivity contribution < 1.29 is 9.18 Å². The van der Waals surface area contributed by atoms with Gasteiger partial charge in [-0.15, -0.1) is 5.10 Å². The molecule has 0 spiro atoms. The molecule has 5 rings (SSSR count). The molecule has 4 aromatic rings. The van der Waals surface area contributed by atoms with Gasteiger partial charge in [-0.25, -0.2) is 9.07 Å². The molecule has 32 heavy (non-hydrogen) atoms. The van der Waals surface area contributed by atoms with Crippen LogP contribution in [0.25, 0.3) is 11.4 Å². The lowest BCUT2D eigenvalue weighted by molar-refractivity contribution is 0.102. The Morgan fingerprint density at radius 3 is 2.66 bits per heavy atom. The Morgan fingerprint density at radius 1 is 1.16 bits per heavy atom. The number of nitrogens with zero attached hydrogens (tertiary/aromatic N) is 6. The zero-order chi connectivity index (χ0) is 22.4. The summed E-state index contributed by atoms with van der Waals surface area (Å²) in [6.07, 6.45) is 3.54. The molecule has 8 nitrogen and oxygen atoms in total. The SMILES string of the molecule is Cc1ccc(-n2ncc(C(=O)Nc3ccc(F)c(-n4nnnc4C)c3)c2C2CC2)cc1Cl. The van der Waals surface area contributed by atoms with Crippen molar-refractivity contribution in [2.24, 2.45) is 0 Å². The van der Waals surface area contributed by atoms with Gasteiger partial charge in [0.25, 0.3) is 5.91 Å². The van der Waals surface area contributed by atoms with Gasteiger partial charge in [0.05, 0.1) is 23.1 Å². The molecule has 2 aromatic heterocycles. The smallest absolute Gasteiger partial charge is 0.259 e. The Labute approximate surface area is 188 Å². The minimum Gasteiger partial charge on any atom is -0.322 e. The molecule has 0 atom stereocenters. The van der Waals surface area contributed by atoms with E-state index in [4.69, 9.17) is 11.6 Å². The van der Waals surface area contributed by atoms with Crippen molar-refractivity contribution >= 4 is 23.2 Å². The summed E-state index contributed by atoms with van der Waals surface area (Å²) in [7, 11) is 0. The van der Waals surface area contributed by atoms with E-state index in [2.05, 4.69) is 25.9 Å². The number of aromatic nitrogens is 6. The predicted octanol–water partition coefficient (Wildman–Crippen LogP) is 4.39. The molecule has 2 heterocycles. The first-order valence-electron chi connectivity index (χ1n) is 10.1. The maximum Gasteiger partial charge on any atom is 0.259 e. The van der Waals surface area contributed by atoms with Gasteiger partial charge in [-0.1, -0.05) is 17.7 Å². The second-order valence-electron chi connectivity index (χ2n) is 7.82. The zero-order valence-electron chi connectivity index (χ0n) is 17.4. The summed E-state index contributed by atoms with van der Waals surface area (Å²) in [5, 5.41) is 19.1. The topological polar surface area (TPSA) is 90.5 Å². The van der Waals surface area contributed by atoms with E-state index in [0.29, 0.717) is 22.1 Å². The average molecular weight is 452 g/mol. The molecule has 0 bridgehead atoms. The van der Waals surface area contributed by atoms with Gasteiger partial charge in [0.2, 0.25) is 0 Å². The molecule has 10 heteroatoms. The number of hydrogen-bond acceptors (Lipinski definition) is 5. The number of carbonyl (C=O) groups excluding carboxylic acids is 1. The fraction of sp³-hybridized carbons (Fsp3) is 0.227. The lowest BCUT2D eigenvalue weighted by Crippen LogP contribution is -2.15. The summed E-state index contributed by atoms with van der Waals surface area (Å²) in [6.45, 7) is 3.60. The van der Waals surface area contributed by atoms with Gasteiger partial charge in [-0.3, -0.25) is 4.79 Å². The Bertz CT molecular complexity index is 1340. The third-order valence-corrected chi connectivity index (χ3v) is 5.88. The highest BCUT2D eigenvalue weighted by Crippen LogP contribution is 2.42. The standard InChI is InChI=1S/C22H19ClFN7O/c1-12-3-7-16(10-18(12)23)31-21(14-4-5-14)17(11-25-31)22(32)26-15-6-8-19(24)20(9-15)30-13(2)27-28-29-30/h3,6-11,14H,4-5H2,1-2H3,(H,26,32). The van der Waals surface area contributed by atoms with E-state index >= 15 is 0 Å². The van der Waals surface area contributed by atoms with Crippen molar-refractivity contribution in [3.05, 3.63) is 76.1 Å². The quantitative estimate of drug-likeness (QED) is 0.486. The van der Waals surface area contributed by atoms with Gasteiger partial charge in [-0.2, -0.15) is 9.78 Å². The van der Waals surface area contributed by atoms with Crippen molar-refractivity contribution in [3.8, 4) is 11.4 Å². The van der Waals surface area contributed by atoms with Crippen molar-refractivity contribution in [2.75, 3.05) is 5.32 Å². The lowest BCUT2D eigenvalue weighted by atomic mass is 10.1. The molecular weight excluding hydrogens is 433 g/mol. The van der Waals surface area contributed by atoms with Crippen LogP contribution in [0.3, 0.4) is 0 Å². The van der Waals surface area contributed by atoms with Gasteiger partial charge in [0.15, 0.2) is 5.82 Å². The van der Waals surface area contributed by atoms with Crippen molar-refractivity contribution in [1.82, 2.24) is 30.0 Å². The van der Waals surface area contributed by atoms with Gasteiger partial charge < -0.3 is 5.32 Å². The summed E-state index contributed by atoms with van der Waals surface area (Å²) >= 11 is 6.30. The van der Waals surface area contributed by atoms with Crippen LogP contribution in [-0.2, 0) is 0 Å². The number of amides is 1. The average Bonchev–Trinajstić information content (AvgIpc) is 3.37. The monoisotopic (exact) mass is 451 g/mol. The van der Waals surface area contributed by atoms with Gasteiger partial charge in [0, 0.05) is 16.6 Å². The van der Waals surface area contributed by atoms with Crippen LogP contribution < -0.4 is 5.32 Å². The number of hydrogen-bond donors (Lipinski definition) is 1. The molecule has 1 N–H and O–H groups in total. The molecule has 0 aliphatic heterocycles. The molecule has 162 valence electrons. The van der Waals surface area contributed by atoms with Crippen LogP contribution in [0, 0.1) is 19.7 Å². The van der Waals surface area contributed by atoms with Crippen LogP contribution in [0.5, 0.6) is 0 Å². The molecule has 1 aliphatic rings. The van der Waals surface area contributed by atoms with E-state index in [9.17, 15) is 9.18 Å². The number of tetrazole rings is 1. The van der Waals surface area contributed by atoms with E-state index < -0.39 is 5.82 Å². The number of aryl methyl sites for hydroxylation is 2. The fourth-order valence-corrected chi connectivity index (χ4v) is 3.78. The van der Waals surface area contributed by atoms with E-state index in [0.717, 1.165) is 29.8 Å². The molecule has 2 aromatic carbocycles. The number of nitrogens with one attached hydrogen (secondary N) is 1. The molecule has 1 aliphatic carbocycles. The molecular formula is C22H19ClFN7O. The fourth-order valence-electron chi connectivity index (χ4n) is 3.61. The molecule has 1 amide bonds. The first kappa shape index (κ1) is 20.3. The summed E-state index contributed by atoms with van der Waals surface area (Å²) in [5.74, 6) is -0.129. The Morgan fingerprint density at radius 2 is 1.97 bits per heavy atom. The van der Waals surface area contributed by atoms with Gasteiger partial charge in [-0.05, 0) is 73.0 Å². The molecule has 1 saturated carbocycles. The Kier molecular flexibility index (Phi) is 4.97. The summed E-state index contributed by atoms with van der Waals surface area (Å²) in [5.41, 5.74) is 3.68.